The maximum absolute atomic E-state index is 12.2. The van der Waals surface area contributed by atoms with Crippen molar-refractivity contribution < 1.29 is 23.1 Å². The molecule has 1 fully saturated rings. The minimum absolute atomic E-state index is 0.198. The zero-order valence-electron chi connectivity index (χ0n) is 12.5. The molecule has 0 radical (unpaired) electrons. The molecule has 1 aromatic rings. The molecule has 0 aliphatic heterocycles. The summed E-state index contributed by atoms with van der Waals surface area (Å²) in [7, 11) is -2.01. The van der Waals surface area contributed by atoms with Gasteiger partial charge >= 0.3 is 5.97 Å². The van der Waals surface area contributed by atoms with E-state index in [-0.39, 0.29) is 16.7 Å². The number of aliphatic carboxylic acids is 1. The van der Waals surface area contributed by atoms with Gasteiger partial charge in [-0.05, 0) is 55.9 Å². The Hall–Kier alpha value is -1.60. The van der Waals surface area contributed by atoms with E-state index in [0.29, 0.717) is 25.1 Å². The molecule has 2 rings (SSSR count). The van der Waals surface area contributed by atoms with Gasteiger partial charge in [0.25, 0.3) is 0 Å². The van der Waals surface area contributed by atoms with E-state index >= 15 is 0 Å². The Labute approximate surface area is 130 Å². The first-order valence-electron chi connectivity index (χ1n) is 7.29. The van der Waals surface area contributed by atoms with Crippen molar-refractivity contribution in [3.8, 4) is 5.75 Å². The Balaban J connectivity index is 1.89. The molecule has 2 N–H and O–H groups in total. The van der Waals surface area contributed by atoms with Crippen LogP contribution in [0.4, 0.5) is 0 Å². The molecule has 0 amide bonds. The SMILES string of the molecule is COc1ccc(S(=O)(=O)NCC2CCC(C(=O)O)CC2)cc1. The fourth-order valence-corrected chi connectivity index (χ4v) is 3.80. The van der Waals surface area contributed by atoms with Crippen molar-refractivity contribution in [2.24, 2.45) is 11.8 Å². The molecule has 22 heavy (non-hydrogen) atoms. The first-order chi connectivity index (χ1) is 10.4. The van der Waals surface area contributed by atoms with Crippen molar-refractivity contribution in [3.05, 3.63) is 24.3 Å². The zero-order valence-corrected chi connectivity index (χ0v) is 13.3. The van der Waals surface area contributed by atoms with E-state index in [1.807, 2.05) is 0 Å². The maximum atomic E-state index is 12.2. The zero-order chi connectivity index (χ0) is 16.2. The van der Waals surface area contributed by atoms with Crippen molar-refractivity contribution in [1.82, 2.24) is 4.72 Å². The normalized spacial score (nSPS) is 22.2. The number of carboxylic acids is 1. The number of nitrogens with one attached hydrogen (secondary N) is 1. The molecule has 1 aliphatic carbocycles. The van der Waals surface area contributed by atoms with Crippen molar-refractivity contribution in [1.29, 1.82) is 0 Å². The first-order valence-corrected chi connectivity index (χ1v) is 8.77. The molecule has 7 heteroatoms. The lowest BCUT2D eigenvalue weighted by Gasteiger charge is -2.26. The van der Waals surface area contributed by atoms with Crippen molar-refractivity contribution in [3.63, 3.8) is 0 Å². The number of carbonyl (C=O) groups is 1. The average molecular weight is 327 g/mol. The molecule has 0 saturated heterocycles. The van der Waals surface area contributed by atoms with Crippen LogP contribution < -0.4 is 9.46 Å². The number of rotatable bonds is 6. The number of methoxy groups -OCH3 is 1. The Morgan fingerprint density at radius 3 is 2.32 bits per heavy atom. The molecule has 0 spiro atoms. The number of carboxylic acid groups (broad SMARTS) is 1. The number of ether oxygens (including phenoxy) is 1. The summed E-state index contributed by atoms with van der Waals surface area (Å²) in [6, 6.07) is 6.21. The van der Waals surface area contributed by atoms with Gasteiger partial charge in [-0.3, -0.25) is 4.79 Å². The second kappa shape index (κ2) is 7.11. The van der Waals surface area contributed by atoms with Crippen LogP contribution >= 0.6 is 0 Å². The van der Waals surface area contributed by atoms with E-state index < -0.39 is 16.0 Å². The second-order valence-corrected chi connectivity index (χ2v) is 7.35. The average Bonchev–Trinajstić information content (AvgIpc) is 2.53. The highest BCUT2D eigenvalue weighted by molar-refractivity contribution is 7.89. The van der Waals surface area contributed by atoms with Gasteiger partial charge in [-0.1, -0.05) is 0 Å². The van der Waals surface area contributed by atoms with Gasteiger partial charge in [0.1, 0.15) is 5.75 Å². The van der Waals surface area contributed by atoms with E-state index in [4.69, 9.17) is 9.84 Å². The summed E-state index contributed by atoms with van der Waals surface area (Å²) in [6.45, 7) is 0.348. The lowest BCUT2D eigenvalue weighted by molar-refractivity contribution is -0.143. The smallest absolute Gasteiger partial charge is 0.306 e. The third-order valence-electron chi connectivity index (χ3n) is 4.13. The van der Waals surface area contributed by atoms with E-state index in [2.05, 4.69) is 4.72 Å². The van der Waals surface area contributed by atoms with Crippen LogP contribution in [0, 0.1) is 11.8 Å². The molecule has 1 saturated carbocycles. The minimum Gasteiger partial charge on any atom is -0.497 e. The molecule has 0 heterocycles. The predicted molar refractivity (Wildman–Crippen MR) is 81.3 cm³/mol. The molecular weight excluding hydrogens is 306 g/mol. The highest BCUT2D eigenvalue weighted by Crippen LogP contribution is 2.28. The van der Waals surface area contributed by atoms with E-state index in [0.717, 1.165) is 12.8 Å². The third kappa shape index (κ3) is 4.20. The second-order valence-electron chi connectivity index (χ2n) is 5.58. The topological polar surface area (TPSA) is 92.7 Å². The minimum atomic E-state index is -3.54. The Morgan fingerprint density at radius 2 is 1.82 bits per heavy atom. The highest BCUT2D eigenvalue weighted by Gasteiger charge is 2.26. The van der Waals surface area contributed by atoms with Crippen LogP contribution in [0.2, 0.25) is 0 Å². The van der Waals surface area contributed by atoms with Gasteiger partial charge in [-0.15, -0.1) is 0 Å². The summed E-state index contributed by atoms with van der Waals surface area (Å²) in [5, 5.41) is 8.95. The first kappa shape index (κ1) is 16.8. The molecule has 0 bridgehead atoms. The molecule has 122 valence electrons. The summed E-state index contributed by atoms with van der Waals surface area (Å²) in [5.74, 6) is -0.235. The summed E-state index contributed by atoms with van der Waals surface area (Å²) >= 11 is 0. The quantitative estimate of drug-likeness (QED) is 0.832. The van der Waals surface area contributed by atoms with Crippen molar-refractivity contribution >= 4 is 16.0 Å². The van der Waals surface area contributed by atoms with Crippen molar-refractivity contribution in [2.75, 3.05) is 13.7 Å². The van der Waals surface area contributed by atoms with Crippen LogP contribution in [0.1, 0.15) is 25.7 Å². The largest absolute Gasteiger partial charge is 0.497 e. The summed E-state index contributed by atoms with van der Waals surface area (Å²) in [6.07, 6.45) is 2.71. The molecule has 6 nitrogen and oxygen atoms in total. The number of sulfonamides is 1. The van der Waals surface area contributed by atoms with Gasteiger partial charge in [-0.25, -0.2) is 13.1 Å². The molecule has 0 aromatic heterocycles. The van der Waals surface area contributed by atoms with Crippen LogP contribution in [-0.2, 0) is 14.8 Å². The third-order valence-corrected chi connectivity index (χ3v) is 5.57. The predicted octanol–water partition coefficient (Wildman–Crippen LogP) is 1.86. The monoisotopic (exact) mass is 327 g/mol. The molecule has 0 atom stereocenters. The lowest BCUT2D eigenvalue weighted by Crippen LogP contribution is -2.32. The summed E-state index contributed by atoms with van der Waals surface area (Å²) in [4.78, 5) is 11.1. The summed E-state index contributed by atoms with van der Waals surface area (Å²) in [5.41, 5.74) is 0. The van der Waals surface area contributed by atoms with Crippen LogP contribution in [0.25, 0.3) is 0 Å². The number of hydrogen-bond acceptors (Lipinski definition) is 4. The fraction of sp³-hybridized carbons (Fsp3) is 0.533. The fourth-order valence-electron chi connectivity index (χ4n) is 2.68. The Kier molecular flexibility index (Phi) is 5.42. The standard InChI is InChI=1S/C15H21NO5S/c1-21-13-6-8-14(9-7-13)22(19,20)16-10-11-2-4-12(5-3-11)15(17)18/h6-9,11-12,16H,2-5,10H2,1H3,(H,17,18). The van der Waals surface area contributed by atoms with Gasteiger partial charge in [0.05, 0.1) is 17.9 Å². The molecule has 1 aliphatic rings. The van der Waals surface area contributed by atoms with Crippen LogP contribution in [0.3, 0.4) is 0 Å². The van der Waals surface area contributed by atoms with Crippen LogP contribution in [0.15, 0.2) is 29.2 Å². The lowest BCUT2D eigenvalue weighted by atomic mass is 9.82. The highest BCUT2D eigenvalue weighted by atomic mass is 32.2. The van der Waals surface area contributed by atoms with Crippen LogP contribution in [0.5, 0.6) is 5.75 Å². The van der Waals surface area contributed by atoms with Crippen molar-refractivity contribution in [2.45, 2.75) is 30.6 Å². The van der Waals surface area contributed by atoms with Crippen LogP contribution in [-0.4, -0.2) is 33.1 Å². The number of hydrogen-bond donors (Lipinski definition) is 2. The van der Waals surface area contributed by atoms with Gasteiger partial charge in [0.2, 0.25) is 10.0 Å². The number of benzene rings is 1. The Morgan fingerprint density at radius 1 is 1.23 bits per heavy atom. The van der Waals surface area contributed by atoms with Gasteiger partial charge in [0, 0.05) is 6.54 Å². The Bertz CT molecular complexity index is 603. The van der Waals surface area contributed by atoms with Gasteiger partial charge in [-0.2, -0.15) is 0 Å². The molecule has 0 unspecified atom stereocenters. The summed E-state index contributed by atoms with van der Waals surface area (Å²) < 4.78 is 32.0. The molecular formula is C15H21NO5S. The van der Waals surface area contributed by atoms with Gasteiger partial charge in [0.15, 0.2) is 0 Å². The van der Waals surface area contributed by atoms with E-state index in [1.165, 1.54) is 19.2 Å². The van der Waals surface area contributed by atoms with E-state index in [9.17, 15) is 13.2 Å². The van der Waals surface area contributed by atoms with Gasteiger partial charge < -0.3 is 9.84 Å². The maximum Gasteiger partial charge on any atom is 0.306 e. The molecule has 1 aromatic carbocycles. The van der Waals surface area contributed by atoms with E-state index in [1.54, 1.807) is 12.1 Å².